The van der Waals surface area contributed by atoms with Crippen LogP contribution in [0.15, 0.2) is 12.3 Å². The summed E-state index contributed by atoms with van der Waals surface area (Å²) >= 11 is 0. The Morgan fingerprint density at radius 3 is 3.05 bits per heavy atom. The van der Waals surface area contributed by atoms with Crippen molar-refractivity contribution in [1.82, 2.24) is 4.98 Å². The predicted octanol–water partition coefficient (Wildman–Crippen LogP) is 1.19. The van der Waals surface area contributed by atoms with E-state index in [4.69, 9.17) is 10.5 Å². The molecule has 110 valence electrons. The van der Waals surface area contributed by atoms with Crippen molar-refractivity contribution >= 4 is 17.5 Å². The lowest BCUT2D eigenvalue weighted by Gasteiger charge is -2.30. The first-order valence-electron chi connectivity index (χ1n) is 6.88. The van der Waals surface area contributed by atoms with Gasteiger partial charge in [-0.1, -0.05) is 12.8 Å². The quantitative estimate of drug-likeness (QED) is 0.808. The normalized spacial score (nSPS) is 19.5. The molecular formula is C14H21N3O3. The van der Waals surface area contributed by atoms with Gasteiger partial charge in [-0.2, -0.15) is 0 Å². The number of nitrogens with two attached hydrogens (primary N) is 1. The summed E-state index contributed by atoms with van der Waals surface area (Å²) < 4.78 is 4.72. The summed E-state index contributed by atoms with van der Waals surface area (Å²) in [6.07, 6.45) is 5.69. The Kier molecular flexibility index (Phi) is 4.79. The molecule has 0 amide bonds. The number of rotatable bonds is 3. The van der Waals surface area contributed by atoms with Crippen LogP contribution >= 0.6 is 0 Å². The van der Waals surface area contributed by atoms with Crippen LogP contribution in [0.2, 0.25) is 0 Å². The lowest BCUT2D eigenvalue weighted by atomic mass is 10.1. The number of anilines is 2. The fraction of sp³-hybridized carbons (Fsp3) is 0.571. The topological polar surface area (TPSA) is 88.7 Å². The van der Waals surface area contributed by atoms with E-state index >= 15 is 0 Å². The number of aromatic nitrogens is 1. The zero-order chi connectivity index (χ0) is 14.5. The second kappa shape index (κ2) is 6.56. The smallest absolute Gasteiger partial charge is 0.340 e. The molecule has 1 aromatic rings. The molecule has 1 saturated heterocycles. The molecule has 0 aromatic carbocycles. The Hall–Kier alpha value is -1.82. The second-order valence-corrected chi connectivity index (χ2v) is 5.00. The predicted molar refractivity (Wildman–Crippen MR) is 76.7 cm³/mol. The number of carbonyl (C=O) groups is 1. The Labute approximate surface area is 118 Å². The first kappa shape index (κ1) is 14.6. The SMILES string of the molecule is COC(=O)c1cc(N2CCCCCC2CO)ncc1N. The van der Waals surface area contributed by atoms with Crippen LogP contribution in [0.1, 0.15) is 36.0 Å². The number of hydrogen-bond acceptors (Lipinski definition) is 6. The Bertz CT molecular complexity index is 479. The number of esters is 1. The molecule has 1 fully saturated rings. The van der Waals surface area contributed by atoms with E-state index in [2.05, 4.69) is 9.88 Å². The monoisotopic (exact) mass is 279 g/mol. The van der Waals surface area contributed by atoms with E-state index in [1.807, 2.05) is 0 Å². The highest BCUT2D eigenvalue weighted by Crippen LogP contribution is 2.25. The minimum Gasteiger partial charge on any atom is -0.465 e. The van der Waals surface area contributed by atoms with Gasteiger partial charge >= 0.3 is 5.97 Å². The molecule has 0 saturated carbocycles. The third-order valence-electron chi connectivity index (χ3n) is 3.71. The first-order chi connectivity index (χ1) is 9.67. The van der Waals surface area contributed by atoms with E-state index in [0.29, 0.717) is 17.1 Å². The van der Waals surface area contributed by atoms with Crippen molar-refractivity contribution < 1.29 is 14.6 Å². The van der Waals surface area contributed by atoms with Crippen molar-refractivity contribution in [3.63, 3.8) is 0 Å². The molecular weight excluding hydrogens is 258 g/mol. The molecule has 1 aliphatic heterocycles. The van der Waals surface area contributed by atoms with Crippen LogP contribution in [0.5, 0.6) is 0 Å². The molecule has 6 nitrogen and oxygen atoms in total. The van der Waals surface area contributed by atoms with Crippen LogP contribution in [0.4, 0.5) is 11.5 Å². The summed E-state index contributed by atoms with van der Waals surface area (Å²) in [4.78, 5) is 18.0. The minimum atomic E-state index is -0.471. The third kappa shape index (κ3) is 3.01. The van der Waals surface area contributed by atoms with Gasteiger partial charge in [-0.3, -0.25) is 0 Å². The zero-order valence-corrected chi connectivity index (χ0v) is 11.7. The summed E-state index contributed by atoms with van der Waals surface area (Å²) in [6.45, 7) is 0.905. The summed E-state index contributed by atoms with van der Waals surface area (Å²) in [5.41, 5.74) is 6.38. The summed E-state index contributed by atoms with van der Waals surface area (Å²) in [5, 5.41) is 9.54. The van der Waals surface area contributed by atoms with Gasteiger partial charge in [-0.05, 0) is 18.9 Å². The molecule has 0 aliphatic carbocycles. The van der Waals surface area contributed by atoms with E-state index in [1.54, 1.807) is 6.07 Å². The van der Waals surface area contributed by atoms with Crippen LogP contribution in [-0.2, 0) is 4.74 Å². The number of nitrogen functional groups attached to an aromatic ring is 1. The third-order valence-corrected chi connectivity index (χ3v) is 3.71. The number of methoxy groups -OCH3 is 1. The first-order valence-corrected chi connectivity index (χ1v) is 6.88. The van der Waals surface area contributed by atoms with Crippen molar-refractivity contribution in [3.8, 4) is 0 Å². The van der Waals surface area contributed by atoms with Gasteiger partial charge in [-0.25, -0.2) is 9.78 Å². The van der Waals surface area contributed by atoms with Gasteiger partial charge in [-0.15, -0.1) is 0 Å². The summed E-state index contributed by atoms with van der Waals surface area (Å²) in [5.74, 6) is 0.196. The van der Waals surface area contributed by atoms with Crippen molar-refractivity contribution in [3.05, 3.63) is 17.8 Å². The fourth-order valence-corrected chi connectivity index (χ4v) is 2.57. The number of nitrogens with zero attached hydrogens (tertiary/aromatic N) is 2. The van der Waals surface area contributed by atoms with Gasteiger partial charge in [0.05, 0.1) is 37.2 Å². The van der Waals surface area contributed by atoms with Crippen molar-refractivity contribution in [2.45, 2.75) is 31.7 Å². The molecule has 2 heterocycles. The van der Waals surface area contributed by atoms with Crippen molar-refractivity contribution in [2.75, 3.05) is 30.9 Å². The fourth-order valence-electron chi connectivity index (χ4n) is 2.57. The molecule has 1 aliphatic rings. The number of carbonyl (C=O) groups excluding carboxylic acids is 1. The van der Waals surface area contributed by atoms with Crippen LogP contribution in [0.25, 0.3) is 0 Å². The summed E-state index contributed by atoms with van der Waals surface area (Å²) in [6, 6.07) is 1.69. The van der Waals surface area contributed by atoms with Crippen LogP contribution in [-0.4, -0.2) is 42.4 Å². The summed E-state index contributed by atoms with van der Waals surface area (Å²) in [7, 11) is 1.32. The minimum absolute atomic E-state index is 0.0409. The Balaban J connectivity index is 2.32. The lowest BCUT2D eigenvalue weighted by molar-refractivity contribution is 0.0602. The van der Waals surface area contributed by atoms with Crippen molar-refractivity contribution in [2.24, 2.45) is 0 Å². The molecule has 3 N–H and O–H groups in total. The number of ether oxygens (including phenoxy) is 1. The molecule has 1 unspecified atom stereocenters. The van der Waals surface area contributed by atoms with E-state index in [0.717, 1.165) is 32.2 Å². The number of aliphatic hydroxyl groups excluding tert-OH is 1. The molecule has 0 radical (unpaired) electrons. The highest BCUT2D eigenvalue weighted by atomic mass is 16.5. The number of hydrogen-bond donors (Lipinski definition) is 2. The van der Waals surface area contributed by atoms with Gasteiger partial charge in [0.15, 0.2) is 0 Å². The standard InChI is InChI=1S/C14H21N3O3/c1-20-14(19)11-7-13(16-8-12(11)15)17-6-4-2-3-5-10(17)9-18/h7-8,10,18H,2-6,9,15H2,1H3. The average molecular weight is 279 g/mol. The molecule has 2 rings (SSSR count). The maximum Gasteiger partial charge on any atom is 0.340 e. The Morgan fingerprint density at radius 1 is 1.55 bits per heavy atom. The van der Waals surface area contributed by atoms with Crippen molar-refractivity contribution in [1.29, 1.82) is 0 Å². The maximum absolute atomic E-state index is 11.7. The van der Waals surface area contributed by atoms with Gasteiger partial charge in [0.1, 0.15) is 5.82 Å². The average Bonchev–Trinajstić information content (AvgIpc) is 2.72. The van der Waals surface area contributed by atoms with Gasteiger partial charge in [0.25, 0.3) is 0 Å². The van der Waals surface area contributed by atoms with Gasteiger partial charge in [0, 0.05) is 6.54 Å². The maximum atomic E-state index is 11.7. The molecule has 20 heavy (non-hydrogen) atoms. The number of pyridine rings is 1. The van der Waals surface area contributed by atoms with E-state index in [1.165, 1.54) is 13.3 Å². The van der Waals surface area contributed by atoms with E-state index in [-0.39, 0.29) is 12.6 Å². The van der Waals surface area contributed by atoms with Gasteiger partial charge in [0.2, 0.25) is 0 Å². The van der Waals surface area contributed by atoms with E-state index in [9.17, 15) is 9.90 Å². The molecule has 1 atom stereocenters. The largest absolute Gasteiger partial charge is 0.465 e. The van der Waals surface area contributed by atoms with Crippen LogP contribution in [0.3, 0.4) is 0 Å². The molecule has 0 spiro atoms. The highest BCUT2D eigenvalue weighted by Gasteiger charge is 2.23. The van der Waals surface area contributed by atoms with Crippen LogP contribution in [0, 0.1) is 0 Å². The Morgan fingerprint density at radius 2 is 2.35 bits per heavy atom. The molecule has 0 bridgehead atoms. The number of aliphatic hydroxyl groups is 1. The lowest BCUT2D eigenvalue weighted by Crippen LogP contribution is -2.38. The molecule has 6 heteroatoms. The second-order valence-electron chi connectivity index (χ2n) is 5.00. The zero-order valence-electron chi connectivity index (χ0n) is 11.7. The van der Waals surface area contributed by atoms with E-state index < -0.39 is 5.97 Å². The van der Waals surface area contributed by atoms with Gasteiger partial charge < -0.3 is 20.5 Å². The highest BCUT2D eigenvalue weighted by molar-refractivity contribution is 5.95. The van der Waals surface area contributed by atoms with Crippen LogP contribution < -0.4 is 10.6 Å². The molecule has 1 aromatic heterocycles.